The number of carbonyl (C=O) groups excluding carboxylic acids is 2. The predicted octanol–water partition coefficient (Wildman–Crippen LogP) is 3.01. The number of nitrogens with one attached hydrogen (secondary N) is 3. The number of amides is 2. The maximum atomic E-state index is 12.1. The molecule has 2 amide bonds. The van der Waals surface area contributed by atoms with Crippen LogP contribution in [-0.2, 0) is 16.0 Å². The van der Waals surface area contributed by atoms with Gasteiger partial charge in [-0.05, 0) is 53.2 Å². The Balaban J connectivity index is 1.36. The van der Waals surface area contributed by atoms with E-state index in [1.165, 1.54) is 0 Å². The lowest BCUT2D eigenvalue weighted by Gasteiger charge is -2.12. The molecule has 0 aliphatic heterocycles. The van der Waals surface area contributed by atoms with Crippen LogP contribution in [0.2, 0.25) is 0 Å². The van der Waals surface area contributed by atoms with Crippen LogP contribution in [0, 0.1) is 0 Å². The van der Waals surface area contributed by atoms with Crippen molar-refractivity contribution in [2.45, 2.75) is 6.42 Å². The number of rotatable bonds is 7. The van der Waals surface area contributed by atoms with Crippen molar-refractivity contribution in [3.63, 3.8) is 0 Å². The van der Waals surface area contributed by atoms with Crippen molar-refractivity contribution in [1.82, 2.24) is 16.2 Å². The van der Waals surface area contributed by atoms with Crippen molar-refractivity contribution in [2.24, 2.45) is 0 Å². The Morgan fingerprint density at radius 1 is 0.781 bits per heavy atom. The highest BCUT2D eigenvalue weighted by Crippen LogP contribution is 2.21. The average molecular weight is 450 g/mol. The van der Waals surface area contributed by atoms with Gasteiger partial charge in [0.15, 0.2) is 11.7 Å². The summed E-state index contributed by atoms with van der Waals surface area (Å²) in [6, 6.07) is 24.5. The minimum absolute atomic E-state index is 0.0101. The number of hydrogen-bond acceptors (Lipinski definition) is 5. The fourth-order valence-corrected chi connectivity index (χ4v) is 2.98. The van der Waals surface area contributed by atoms with Gasteiger partial charge in [-0.3, -0.25) is 20.4 Å². The summed E-state index contributed by atoms with van der Waals surface area (Å²) in [5, 5.41) is 2.49. The molecule has 32 heavy (non-hydrogen) atoms. The lowest BCUT2D eigenvalue weighted by Crippen LogP contribution is -2.49. The fourth-order valence-electron chi connectivity index (χ4n) is 2.82. The Labute approximate surface area is 191 Å². The Kier molecular flexibility index (Phi) is 8.16. The van der Waals surface area contributed by atoms with Gasteiger partial charge in [-0.15, -0.1) is 0 Å². The molecule has 0 aliphatic rings. The number of carbonyl (C=O) groups is 2. The molecule has 3 aromatic carbocycles. The zero-order chi connectivity index (χ0) is 22.8. The second-order valence-corrected chi connectivity index (χ2v) is 7.16. The summed E-state index contributed by atoms with van der Waals surface area (Å²) in [6.07, 6.45) is 0.141. The average Bonchev–Trinajstić information content (AvgIpc) is 2.82. The molecular weight excluding hydrogens is 426 g/mol. The minimum Gasteiger partial charge on any atom is -0.497 e. The Morgan fingerprint density at radius 2 is 1.41 bits per heavy atom. The van der Waals surface area contributed by atoms with Crippen LogP contribution >= 0.6 is 12.2 Å². The largest absolute Gasteiger partial charge is 0.497 e. The molecule has 3 N–H and O–H groups in total. The van der Waals surface area contributed by atoms with Crippen LogP contribution in [0.15, 0.2) is 78.9 Å². The van der Waals surface area contributed by atoms with E-state index in [9.17, 15) is 9.59 Å². The van der Waals surface area contributed by atoms with E-state index in [1.807, 2.05) is 42.5 Å². The van der Waals surface area contributed by atoms with Gasteiger partial charge in [0, 0.05) is 0 Å². The van der Waals surface area contributed by atoms with E-state index in [0.29, 0.717) is 11.5 Å². The number of benzene rings is 3. The molecule has 0 aliphatic carbocycles. The van der Waals surface area contributed by atoms with Gasteiger partial charge in [0.1, 0.15) is 11.5 Å². The second kappa shape index (κ2) is 11.5. The van der Waals surface area contributed by atoms with Gasteiger partial charge >= 0.3 is 0 Å². The van der Waals surface area contributed by atoms with Crippen LogP contribution in [0.5, 0.6) is 11.5 Å². The highest BCUT2D eigenvalue weighted by molar-refractivity contribution is 7.80. The molecule has 0 spiro atoms. The van der Waals surface area contributed by atoms with Crippen molar-refractivity contribution in [3.8, 4) is 22.6 Å². The van der Waals surface area contributed by atoms with E-state index in [4.69, 9.17) is 21.7 Å². The summed E-state index contributed by atoms with van der Waals surface area (Å²) in [6.45, 7) is -0.208. The molecule has 8 heteroatoms. The minimum atomic E-state index is -0.441. The SMILES string of the molecule is COc1ccc(CC(=O)NC(=S)NNC(=O)COc2ccc(-c3ccccc3)cc2)cc1. The van der Waals surface area contributed by atoms with Crippen LogP contribution < -0.4 is 25.6 Å². The first kappa shape index (κ1) is 22.8. The highest BCUT2D eigenvalue weighted by atomic mass is 32.1. The van der Waals surface area contributed by atoms with Crippen LogP contribution in [-0.4, -0.2) is 30.6 Å². The molecule has 3 rings (SSSR count). The molecule has 0 saturated heterocycles. The summed E-state index contributed by atoms with van der Waals surface area (Å²) in [5.41, 5.74) is 7.84. The molecule has 0 heterocycles. The van der Waals surface area contributed by atoms with E-state index >= 15 is 0 Å². The van der Waals surface area contributed by atoms with Gasteiger partial charge in [0.05, 0.1) is 13.5 Å². The van der Waals surface area contributed by atoms with Gasteiger partial charge < -0.3 is 14.8 Å². The fraction of sp³-hybridized carbons (Fsp3) is 0.125. The zero-order valence-corrected chi connectivity index (χ0v) is 18.3. The molecule has 0 aromatic heterocycles. The summed E-state index contributed by atoms with van der Waals surface area (Å²) >= 11 is 5.02. The van der Waals surface area contributed by atoms with Crippen LogP contribution in [0.1, 0.15) is 5.56 Å². The second-order valence-electron chi connectivity index (χ2n) is 6.75. The first-order chi connectivity index (χ1) is 15.5. The van der Waals surface area contributed by atoms with Gasteiger partial charge in [-0.2, -0.15) is 0 Å². The Morgan fingerprint density at radius 3 is 2.06 bits per heavy atom. The Hall–Kier alpha value is -3.91. The molecule has 164 valence electrons. The van der Waals surface area contributed by atoms with E-state index in [2.05, 4.69) is 16.2 Å². The summed E-state index contributed by atoms with van der Waals surface area (Å²) < 4.78 is 10.6. The van der Waals surface area contributed by atoms with Gasteiger partial charge in [0.2, 0.25) is 5.91 Å². The number of ether oxygens (including phenoxy) is 2. The molecule has 7 nitrogen and oxygen atoms in total. The van der Waals surface area contributed by atoms with Gasteiger partial charge in [-0.1, -0.05) is 54.6 Å². The topological polar surface area (TPSA) is 88.7 Å². The van der Waals surface area contributed by atoms with Crippen LogP contribution in [0.3, 0.4) is 0 Å². The Bertz CT molecular complexity index is 1050. The zero-order valence-electron chi connectivity index (χ0n) is 17.5. The molecule has 0 fully saturated rings. The molecule has 3 aromatic rings. The monoisotopic (exact) mass is 449 g/mol. The third-order valence-corrected chi connectivity index (χ3v) is 4.63. The van der Waals surface area contributed by atoms with Crippen molar-refractivity contribution in [2.75, 3.05) is 13.7 Å². The van der Waals surface area contributed by atoms with Crippen LogP contribution in [0.25, 0.3) is 11.1 Å². The quantitative estimate of drug-likeness (QED) is 0.380. The van der Waals surface area contributed by atoms with Crippen molar-refractivity contribution >= 4 is 29.1 Å². The van der Waals surface area contributed by atoms with Crippen molar-refractivity contribution in [3.05, 3.63) is 84.4 Å². The lowest BCUT2D eigenvalue weighted by atomic mass is 10.1. The van der Waals surface area contributed by atoms with E-state index < -0.39 is 5.91 Å². The normalized spacial score (nSPS) is 10.0. The van der Waals surface area contributed by atoms with E-state index in [-0.39, 0.29) is 24.0 Å². The molecule has 0 radical (unpaired) electrons. The first-order valence-electron chi connectivity index (χ1n) is 9.83. The van der Waals surface area contributed by atoms with E-state index in [0.717, 1.165) is 16.7 Å². The number of methoxy groups -OCH3 is 1. The molecular formula is C24H23N3O4S. The smallest absolute Gasteiger partial charge is 0.276 e. The third-order valence-electron chi connectivity index (χ3n) is 4.42. The third kappa shape index (κ3) is 7.10. The predicted molar refractivity (Wildman–Crippen MR) is 126 cm³/mol. The van der Waals surface area contributed by atoms with Crippen molar-refractivity contribution in [1.29, 1.82) is 0 Å². The maximum Gasteiger partial charge on any atom is 0.276 e. The summed E-state index contributed by atoms with van der Waals surface area (Å²) in [5.74, 6) is 0.527. The van der Waals surface area contributed by atoms with Gasteiger partial charge in [-0.25, -0.2) is 0 Å². The van der Waals surface area contributed by atoms with E-state index in [1.54, 1.807) is 43.5 Å². The standard InChI is InChI=1S/C24H23N3O4S/c1-30-20-11-7-17(8-12-20)15-22(28)25-24(32)27-26-23(29)16-31-21-13-9-19(10-14-21)18-5-3-2-4-6-18/h2-14H,15-16H2,1H3,(H,26,29)(H2,25,27,28,32). The molecule has 0 bridgehead atoms. The van der Waals surface area contributed by atoms with Crippen LogP contribution in [0.4, 0.5) is 0 Å². The molecule has 0 unspecified atom stereocenters. The molecule has 0 saturated carbocycles. The highest BCUT2D eigenvalue weighted by Gasteiger charge is 2.08. The number of hydrogen-bond donors (Lipinski definition) is 3. The summed E-state index contributed by atoms with van der Waals surface area (Å²) in [7, 11) is 1.58. The lowest BCUT2D eigenvalue weighted by molar-refractivity contribution is -0.124. The number of hydrazine groups is 1. The summed E-state index contributed by atoms with van der Waals surface area (Å²) in [4.78, 5) is 24.0. The van der Waals surface area contributed by atoms with Gasteiger partial charge in [0.25, 0.3) is 5.91 Å². The van der Waals surface area contributed by atoms with Crippen molar-refractivity contribution < 1.29 is 19.1 Å². The first-order valence-corrected chi connectivity index (χ1v) is 10.2. The number of thiocarbonyl (C=S) groups is 1. The molecule has 0 atom stereocenters. The maximum absolute atomic E-state index is 12.1.